The van der Waals surface area contributed by atoms with Gasteiger partial charge in [-0.05, 0) is 56.7 Å². The summed E-state index contributed by atoms with van der Waals surface area (Å²) in [5.41, 5.74) is 2.54. The Kier molecular flexibility index (Phi) is 9.09. The van der Waals surface area contributed by atoms with E-state index in [0.717, 1.165) is 49.9 Å². The van der Waals surface area contributed by atoms with Crippen molar-refractivity contribution in [2.24, 2.45) is 0 Å². The van der Waals surface area contributed by atoms with Crippen LogP contribution in [0.1, 0.15) is 68.1 Å². The predicted molar refractivity (Wildman–Crippen MR) is 157 cm³/mol. The highest BCUT2D eigenvalue weighted by Gasteiger charge is 2.33. The van der Waals surface area contributed by atoms with Crippen LogP contribution in [0.3, 0.4) is 0 Å². The van der Waals surface area contributed by atoms with E-state index in [2.05, 4.69) is 22.4 Å². The van der Waals surface area contributed by atoms with E-state index in [9.17, 15) is 9.59 Å². The first-order valence-electron chi connectivity index (χ1n) is 15.0. The summed E-state index contributed by atoms with van der Waals surface area (Å²) in [4.78, 5) is 27.2. The zero-order valence-corrected chi connectivity index (χ0v) is 24.3. The molecule has 3 aromatic rings. The number of anilines is 1. The first-order valence-corrected chi connectivity index (χ1v) is 15.0. The molecule has 1 aliphatic carbocycles. The van der Waals surface area contributed by atoms with Gasteiger partial charge in [0.15, 0.2) is 18.7 Å². The van der Waals surface area contributed by atoms with Crippen LogP contribution in [-0.4, -0.2) is 65.6 Å². The van der Waals surface area contributed by atoms with Gasteiger partial charge >= 0.3 is 6.09 Å². The number of aromatic amines is 1. The Morgan fingerprint density at radius 1 is 1.02 bits per heavy atom. The van der Waals surface area contributed by atoms with E-state index in [1.54, 1.807) is 6.07 Å². The van der Waals surface area contributed by atoms with Gasteiger partial charge in [-0.2, -0.15) is 5.10 Å². The molecule has 0 spiro atoms. The topological polar surface area (TPSA) is 124 Å². The van der Waals surface area contributed by atoms with Crippen molar-refractivity contribution >= 4 is 17.8 Å². The summed E-state index contributed by atoms with van der Waals surface area (Å²) in [6.07, 6.45) is 3.48. The predicted octanol–water partition coefficient (Wildman–Crippen LogP) is 5.31. The van der Waals surface area contributed by atoms with E-state index in [-0.39, 0.29) is 36.7 Å². The summed E-state index contributed by atoms with van der Waals surface area (Å²) < 4.78 is 29.4. The van der Waals surface area contributed by atoms with Gasteiger partial charge in [-0.3, -0.25) is 9.89 Å². The van der Waals surface area contributed by atoms with Gasteiger partial charge in [0.1, 0.15) is 24.2 Å². The molecule has 11 nitrogen and oxygen atoms in total. The van der Waals surface area contributed by atoms with Crippen LogP contribution in [0, 0.1) is 0 Å². The zero-order valence-electron chi connectivity index (χ0n) is 24.3. The Morgan fingerprint density at radius 2 is 1.81 bits per heavy atom. The van der Waals surface area contributed by atoms with E-state index >= 15 is 0 Å². The van der Waals surface area contributed by atoms with Crippen LogP contribution in [0.2, 0.25) is 0 Å². The van der Waals surface area contributed by atoms with Crippen molar-refractivity contribution in [1.29, 1.82) is 0 Å². The lowest BCUT2D eigenvalue weighted by Gasteiger charge is -2.23. The summed E-state index contributed by atoms with van der Waals surface area (Å²) in [5, 5.41) is 10.1. The van der Waals surface area contributed by atoms with Gasteiger partial charge in [-0.1, -0.05) is 36.4 Å². The van der Waals surface area contributed by atoms with Crippen molar-refractivity contribution in [3.05, 3.63) is 71.4 Å². The van der Waals surface area contributed by atoms with Crippen LogP contribution in [0.4, 0.5) is 10.6 Å². The number of nitrogens with one attached hydrogen (secondary N) is 2. The normalized spacial score (nSPS) is 22.1. The number of nitrogens with zero attached hydrogens (tertiary/aromatic N) is 2. The molecule has 2 aliphatic heterocycles. The Morgan fingerprint density at radius 3 is 2.58 bits per heavy atom. The number of likely N-dealkylation sites (tertiary alicyclic amines) is 1. The van der Waals surface area contributed by atoms with Crippen molar-refractivity contribution in [3.63, 3.8) is 0 Å². The van der Waals surface area contributed by atoms with Crippen LogP contribution >= 0.6 is 0 Å². The van der Waals surface area contributed by atoms with Gasteiger partial charge in [-0.25, -0.2) is 4.79 Å². The van der Waals surface area contributed by atoms with Crippen LogP contribution in [0.15, 0.2) is 54.6 Å². The van der Waals surface area contributed by atoms with Gasteiger partial charge in [0.2, 0.25) is 0 Å². The summed E-state index contributed by atoms with van der Waals surface area (Å²) in [6.45, 7) is 3.88. The lowest BCUT2D eigenvalue weighted by atomic mass is 10.0. The van der Waals surface area contributed by atoms with Crippen LogP contribution in [-0.2, 0) is 25.6 Å². The number of carbonyl (C=O) groups excluding carboxylic acids is 2. The lowest BCUT2D eigenvalue weighted by Crippen LogP contribution is -2.36. The molecule has 3 atom stereocenters. The number of aromatic nitrogens is 2. The number of rotatable bonds is 10. The second-order valence-electron chi connectivity index (χ2n) is 11.3. The molecule has 2 aromatic carbocycles. The Labute approximate surface area is 250 Å². The minimum absolute atomic E-state index is 0.116. The number of amides is 2. The summed E-state index contributed by atoms with van der Waals surface area (Å²) >= 11 is 0. The number of benzene rings is 2. The van der Waals surface area contributed by atoms with E-state index in [1.807, 2.05) is 53.4 Å². The molecule has 6 rings (SSSR count). The molecule has 11 heteroatoms. The van der Waals surface area contributed by atoms with Crippen LogP contribution in [0.25, 0.3) is 0 Å². The molecular weight excluding hydrogens is 552 g/mol. The fourth-order valence-corrected chi connectivity index (χ4v) is 5.94. The highest BCUT2D eigenvalue weighted by atomic mass is 16.7. The Balaban J connectivity index is 1.03. The van der Waals surface area contributed by atoms with Crippen molar-refractivity contribution in [2.45, 2.75) is 70.0 Å². The molecule has 3 fully saturated rings. The lowest BCUT2D eigenvalue weighted by molar-refractivity contribution is -0.118. The molecule has 3 heterocycles. The van der Waals surface area contributed by atoms with Gasteiger partial charge in [0, 0.05) is 30.3 Å². The molecule has 1 aromatic heterocycles. The number of H-pyrrole nitrogens is 1. The third-order valence-corrected chi connectivity index (χ3v) is 8.22. The molecule has 1 saturated carbocycles. The molecule has 2 saturated heterocycles. The van der Waals surface area contributed by atoms with Crippen LogP contribution < -0.4 is 14.8 Å². The number of ether oxygens (including phenoxy) is 5. The molecule has 2 N–H and O–H groups in total. The quantitative estimate of drug-likeness (QED) is 0.326. The molecule has 43 heavy (non-hydrogen) atoms. The highest BCUT2D eigenvalue weighted by molar-refractivity contribution is 5.91. The minimum atomic E-state index is -0.646. The maximum absolute atomic E-state index is 12.8. The monoisotopic (exact) mass is 590 g/mol. The fraction of sp³-hybridized carbons (Fsp3) is 0.469. The van der Waals surface area contributed by atoms with Crippen molar-refractivity contribution in [1.82, 2.24) is 15.1 Å². The molecule has 0 unspecified atom stereocenters. The Bertz CT molecular complexity index is 1390. The van der Waals surface area contributed by atoms with Crippen LogP contribution in [0.5, 0.6) is 11.5 Å². The van der Waals surface area contributed by atoms with E-state index in [4.69, 9.17) is 23.7 Å². The largest absolute Gasteiger partial charge is 0.488 e. The summed E-state index contributed by atoms with van der Waals surface area (Å²) in [6, 6.07) is 17.3. The van der Waals surface area contributed by atoms with E-state index < -0.39 is 6.29 Å². The molecular formula is C32H38N4O7. The third kappa shape index (κ3) is 7.11. The smallest absolute Gasteiger partial charge is 0.410 e. The number of carbonyl (C=O) groups is 2. The van der Waals surface area contributed by atoms with E-state index in [0.29, 0.717) is 42.7 Å². The minimum Gasteiger partial charge on any atom is -0.488 e. The molecule has 3 aliphatic rings. The maximum atomic E-state index is 12.8. The number of hydrogen-bond donors (Lipinski definition) is 2. The summed E-state index contributed by atoms with van der Waals surface area (Å²) in [5.74, 6) is 1.26. The van der Waals surface area contributed by atoms with Gasteiger partial charge in [0.25, 0.3) is 5.91 Å². The van der Waals surface area contributed by atoms with Crippen molar-refractivity contribution in [3.8, 4) is 11.5 Å². The fourth-order valence-electron chi connectivity index (χ4n) is 5.94. The van der Waals surface area contributed by atoms with Crippen molar-refractivity contribution < 1.29 is 33.3 Å². The average molecular weight is 591 g/mol. The molecule has 0 bridgehead atoms. The molecule has 0 radical (unpaired) electrons. The van der Waals surface area contributed by atoms with Gasteiger partial charge < -0.3 is 33.9 Å². The summed E-state index contributed by atoms with van der Waals surface area (Å²) in [7, 11) is 0. The Hall–Kier alpha value is -4.09. The van der Waals surface area contributed by atoms with Crippen molar-refractivity contribution in [2.75, 3.05) is 31.7 Å². The van der Waals surface area contributed by atoms with E-state index in [1.165, 1.54) is 0 Å². The standard InChI is InChI=1S/C32H38N4O7/c1-21-7-6-14-36(21)32(38)43-24-13-12-23(17-24)25-18-28(35-34-25)33-29(37)20-42-27-11-5-10-26(30(27)31-39-15-16-40-31)41-19-22-8-3-2-4-9-22/h2-5,8-11,18,21,23-24,31H,6-7,12-17,19-20H2,1H3,(H2,33,34,35,37)/t21-,23-,24+/m0/s1. The van der Waals surface area contributed by atoms with Gasteiger partial charge in [-0.15, -0.1) is 0 Å². The number of hydrogen-bond acceptors (Lipinski definition) is 8. The first kappa shape index (κ1) is 29.0. The third-order valence-electron chi connectivity index (χ3n) is 8.22. The van der Waals surface area contributed by atoms with Gasteiger partial charge in [0.05, 0.1) is 18.8 Å². The second kappa shape index (κ2) is 13.5. The molecule has 2 amide bonds. The molecule has 228 valence electrons. The highest BCUT2D eigenvalue weighted by Crippen LogP contribution is 2.39. The maximum Gasteiger partial charge on any atom is 0.410 e. The first-order chi connectivity index (χ1) is 21.0. The average Bonchev–Trinajstić information content (AvgIpc) is 3.84. The zero-order chi connectivity index (χ0) is 29.6. The second-order valence-corrected chi connectivity index (χ2v) is 11.3. The SMILES string of the molecule is C[C@H]1CCCN1C(=O)O[C@@H]1CC[C@H](c2cc(NC(=O)COc3cccc(OCc4ccccc4)c3C3OCCO3)n[nH]2)C1.